The maximum Gasteiger partial charge on any atom is 0.0828 e. The van der Waals surface area contributed by atoms with Crippen LogP contribution in [0.15, 0.2) is 30.5 Å². The number of benzene rings is 1. The number of hydrogen-bond donors (Lipinski definition) is 1. The van der Waals surface area contributed by atoms with Crippen LogP contribution in [-0.4, -0.2) is 15.4 Å². The summed E-state index contributed by atoms with van der Waals surface area (Å²) in [6, 6.07) is 7.86. The lowest BCUT2D eigenvalue weighted by atomic mass is 10.1. The van der Waals surface area contributed by atoms with Crippen molar-refractivity contribution in [3.8, 4) is 0 Å². The monoisotopic (exact) mass is 207 g/mol. The lowest BCUT2D eigenvalue weighted by Gasteiger charge is -2.00. The van der Waals surface area contributed by atoms with Gasteiger partial charge in [0, 0.05) is 5.02 Å². The summed E-state index contributed by atoms with van der Waals surface area (Å²) in [4.78, 5) is 0. The third-order valence-electron chi connectivity index (χ3n) is 2.07. The second-order valence-electron chi connectivity index (χ2n) is 3.05. The number of aromatic amines is 1. The van der Waals surface area contributed by atoms with E-state index in [0.717, 1.165) is 29.1 Å². The molecule has 1 N–H and O–H groups in total. The fraction of sp³-hybridized carbons (Fsp3) is 0.200. The molecule has 0 saturated carbocycles. The maximum atomic E-state index is 6.02. The van der Waals surface area contributed by atoms with E-state index in [1.165, 1.54) is 0 Å². The Hall–Kier alpha value is -1.35. The molecule has 0 aliphatic carbocycles. The van der Waals surface area contributed by atoms with Crippen LogP contribution in [0.5, 0.6) is 0 Å². The smallest absolute Gasteiger partial charge is 0.0828 e. The van der Waals surface area contributed by atoms with Crippen molar-refractivity contribution in [1.29, 1.82) is 0 Å². The summed E-state index contributed by atoms with van der Waals surface area (Å²) >= 11 is 6.02. The van der Waals surface area contributed by atoms with Crippen LogP contribution in [-0.2, 0) is 12.8 Å². The zero-order chi connectivity index (χ0) is 9.80. The molecule has 1 aromatic carbocycles. The standard InChI is InChI=1S/C10H10ClN3/c11-10-4-2-1-3-8(10)5-6-9-7-12-14-13-9/h1-4,7H,5-6H2,(H,12,13,14). The summed E-state index contributed by atoms with van der Waals surface area (Å²) in [5, 5.41) is 11.1. The van der Waals surface area contributed by atoms with E-state index in [1.807, 2.05) is 24.3 Å². The Bertz CT molecular complexity index is 398. The second kappa shape index (κ2) is 4.24. The van der Waals surface area contributed by atoms with Crippen LogP contribution in [0.25, 0.3) is 0 Å². The van der Waals surface area contributed by atoms with Crippen LogP contribution < -0.4 is 0 Å². The molecule has 2 aromatic rings. The highest BCUT2D eigenvalue weighted by Crippen LogP contribution is 2.16. The third-order valence-corrected chi connectivity index (χ3v) is 2.44. The van der Waals surface area contributed by atoms with Gasteiger partial charge in [-0.25, -0.2) is 0 Å². The zero-order valence-corrected chi connectivity index (χ0v) is 8.33. The quantitative estimate of drug-likeness (QED) is 0.839. The Morgan fingerprint density at radius 2 is 2.07 bits per heavy atom. The van der Waals surface area contributed by atoms with Crippen molar-refractivity contribution in [3.63, 3.8) is 0 Å². The molecule has 0 saturated heterocycles. The van der Waals surface area contributed by atoms with Crippen molar-refractivity contribution in [3.05, 3.63) is 46.7 Å². The number of aromatic nitrogens is 3. The highest BCUT2D eigenvalue weighted by molar-refractivity contribution is 6.31. The average molecular weight is 208 g/mol. The highest BCUT2D eigenvalue weighted by Gasteiger charge is 2.01. The number of halogens is 1. The largest absolute Gasteiger partial charge is 0.198 e. The predicted molar refractivity (Wildman–Crippen MR) is 55.2 cm³/mol. The van der Waals surface area contributed by atoms with Gasteiger partial charge in [-0.2, -0.15) is 15.4 Å². The van der Waals surface area contributed by atoms with Gasteiger partial charge in [0.25, 0.3) is 0 Å². The molecular weight excluding hydrogens is 198 g/mol. The summed E-state index contributed by atoms with van der Waals surface area (Å²) in [5.74, 6) is 0. The van der Waals surface area contributed by atoms with Crippen LogP contribution in [0.2, 0.25) is 5.02 Å². The van der Waals surface area contributed by atoms with E-state index >= 15 is 0 Å². The van der Waals surface area contributed by atoms with Gasteiger partial charge >= 0.3 is 0 Å². The number of nitrogens with one attached hydrogen (secondary N) is 1. The molecule has 4 heteroatoms. The Morgan fingerprint density at radius 3 is 2.79 bits per heavy atom. The van der Waals surface area contributed by atoms with Crippen molar-refractivity contribution >= 4 is 11.6 Å². The first-order valence-electron chi connectivity index (χ1n) is 4.44. The van der Waals surface area contributed by atoms with Crippen LogP contribution in [0, 0.1) is 0 Å². The van der Waals surface area contributed by atoms with Crippen molar-refractivity contribution < 1.29 is 0 Å². The van der Waals surface area contributed by atoms with E-state index in [9.17, 15) is 0 Å². The average Bonchev–Trinajstić information content (AvgIpc) is 2.69. The molecule has 0 radical (unpaired) electrons. The molecule has 1 aromatic heterocycles. The SMILES string of the molecule is Clc1ccccc1CCc1cn[nH]n1. The van der Waals surface area contributed by atoms with E-state index in [2.05, 4.69) is 15.4 Å². The molecule has 72 valence electrons. The second-order valence-corrected chi connectivity index (χ2v) is 3.46. The summed E-state index contributed by atoms with van der Waals surface area (Å²) in [6.45, 7) is 0. The summed E-state index contributed by atoms with van der Waals surface area (Å²) in [5.41, 5.74) is 2.11. The molecule has 0 fully saturated rings. The van der Waals surface area contributed by atoms with Gasteiger partial charge in [-0.1, -0.05) is 29.8 Å². The Morgan fingerprint density at radius 1 is 1.21 bits per heavy atom. The van der Waals surface area contributed by atoms with Crippen LogP contribution >= 0.6 is 11.6 Å². The third kappa shape index (κ3) is 2.12. The molecule has 0 amide bonds. The van der Waals surface area contributed by atoms with Gasteiger partial charge in [0.2, 0.25) is 0 Å². The summed E-state index contributed by atoms with van der Waals surface area (Å²) < 4.78 is 0. The van der Waals surface area contributed by atoms with Crippen molar-refractivity contribution in [2.75, 3.05) is 0 Å². The van der Waals surface area contributed by atoms with E-state index in [0.29, 0.717) is 0 Å². The highest BCUT2D eigenvalue weighted by atomic mass is 35.5. The minimum atomic E-state index is 0.816. The van der Waals surface area contributed by atoms with Crippen molar-refractivity contribution in [2.24, 2.45) is 0 Å². The van der Waals surface area contributed by atoms with Crippen molar-refractivity contribution in [2.45, 2.75) is 12.8 Å². The number of rotatable bonds is 3. The first kappa shape index (κ1) is 9.21. The number of aryl methyl sites for hydroxylation is 2. The molecule has 0 unspecified atom stereocenters. The molecule has 1 heterocycles. The number of H-pyrrole nitrogens is 1. The molecule has 14 heavy (non-hydrogen) atoms. The van der Waals surface area contributed by atoms with Gasteiger partial charge in [-0.15, -0.1) is 0 Å². The fourth-order valence-corrected chi connectivity index (χ4v) is 1.54. The van der Waals surface area contributed by atoms with Crippen LogP contribution in [0.4, 0.5) is 0 Å². The predicted octanol–water partition coefficient (Wildman–Crippen LogP) is 2.24. The Balaban J connectivity index is 2.02. The molecule has 0 spiro atoms. The lowest BCUT2D eigenvalue weighted by Crippen LogP contribution is -1.92. The first-order chi connectivity index (χ1) is 6.86. The maximum absolute atomic E-state index is 6.02. The van der Waals surface area contributed by atoms with Gasteiger partial charge in [-0.3, -0.25) is 0 Å². The Kier molecular flexibility index (Phi) is 2.79. The molecular formula is C10H10ClN3. The molecule has 0 aliphatic rings. The zero-order valence-electron chi connectivity index (χ0n) is 7.57. The van der Waals surface area contributed by atoms with Crippen LogP contribution in [0.3, 0.4) is 0 Å². The molecule has 2 rings (SSSR count). The van der Waals surface area contributed by atoms with Gasteiger partial charge in [0.15, 0.2) is 0 Å². The minimum absolute atomic E-state index is 0.816. The van der Waals surface area contributed by atoms with Gasteiger partial charge in [0.05, 0.1) is 11.9 Å². The molecule has 0 bridgehead atoms. The summed E-state index contributed by atoms with van der Waals surface area (Å²) in [6.07, 6.45) is 3.49. The van der Waals surface area contributed by atoms with Crippen LogP contribution in [0.1, 0.15) is 11.3 Å². The normalized spacial score (nSPS) is 10.4. The fourth-order valence-electron chi connectivity index (χ4n) is 1.31. The van der Waals surface area contributed by atoms with Gasteiger partial charge < -0.3 is 0 Å². The topological polar surface area (TPSA) is 41.6 Å². The molecule has 0 aliphatic heterocycles. The Labute approximate surface area is 87.1 Å². The van der Waals surface area contributed by atoms with E-state index in [4.69, 9.17) is 11.6 Å². The van der Waals surface area contributed by atoms with E-state index < -0.39 is 0 Å². The van der Waals surface area contributed by atoms with Gasteiger partial charge in [0.1, 0.15) is 0 Å². The minimum Gasteiger partial charge on any atom is -0.198 e. The molecule has 3 nitrogen and oxygen atoms in total. The van der Waals surface area contributed by atoms with E-state index in [1.54, 1.807) is 6.20 Å². The van der Waals surface area contributed by atoms with E-state index in [-0.39, 0.29) is 0 Å². The number of nitrogens with zero attached hydrogens (tertiary/aromatic N) is 2. The summed E-state index contributed by atoms with van der Waals surface area (Å²) in [7, 11) is 0. The van der Waals surface area contributed by atoms with Crippen molar-refractivity contribution in [1.82, 2.24) is 15.4 Å². The first-order valence-corrected chi connectivity index (χ1v) is 4.82. The van der Waals surface area contributed by atoms with Gasteiger partial charge in [-0.05, 0) is 24.5 Å². The lowest BCUT2D eigenvalue weighted by molar-refractivity contribution is 0.871. The number of hydrogen-bond acceptors (Lipinski definition) is 2. The molecule has 0 atom stereocenters.